The molecule has 184 valence electrons. The van der Waals surface area contributed by atoms with Crippen LogP contribution in [-0.2, 0) is 9.92 Å². The van der Waals surface area contributed by atoms with Gasteiger partial charge in [-0.05, 0) is 30.0 Å². The van der Waals surface area contributed by atoms with E-state index in [1.54, 1.807) is 30.3 Å². The molecule has 0 aliphatic carbocycles. The molecule has 3 rings (SSSR count). The molecule has 1 atom stereocenters. The molecule has 1 fully saturated rings. The molecular formula is C24H23Cl2N5OS2U2. The zero-order chi connectivity index (χ0) is 25.0. The summed E-state index contributed by atoms with van der Waals surface area (Å²) < 4.78 is 23.7. The summed E-state index contributed by atoms with van der Waals surface area (Å²) in [5.41, 5.74) is 0.366. The quantitative estimate of drug-likeness (QED) is 0.221. The summed E-state index contributed by atoms with van der Waals surface area (Å²) in [6.45, 7) is 7.12. The molecule has 2 aromatic rings. The number of nitrogens with one attached hydrogen (secondary N) is 3. The topological polar surface area (TPSA) is 92.0 Å². The molecule has 1 saturated heterocycles. The van der Waals surface area contributed by atoms with Crippen molar-refractivity contribution < 1.29 is 66.4 Å². The second-order valence-electron chi connectivity index (χ2n) is 7.08. The van der Waals surface area contributed by atoms with Crippen LogP contribution in [0.4, 0.5) is 0 Å². The maximum absolute atomic E-state index is 12.7. The summed E-state index contributed by atoms with van der Waals surface area (Å²) in [7, 11) is -3.20. The Kier molecular flexibility index (Phi) is 18.7. The summed E-state index contributed by atoms with van der Waals surface area (Å²) in [4.78, 5) is 2.24. The van der Waals surface area contributed by atoms with E-state index in [4.69, 9.17) is 52.0 Å². The Bertz CT molecular complexity index is 1150. The number of benzene rings is 2. The van der Waals surface area contributed by atoms with Gasteiger partial charge in [0.1, 0.15) is 9.92 Å². The Morgan fingerprint density at radius 1 is 1.33 bits per heavy atom. The van der Waals surface area contributed by atoms with Gasteiger partial charge in [-0.3, -0.25) is 0 Å². The first-order valence-corrected chi connectivity index (χ1v) is 12.9. The van der Waals surface area contributed by atoms with Crippen LogP contribution in [0.15, 0.2) is 53.4 Å². The average Bonchev–Trinajstić information content (AvgIpc) is 2.82. The van der Waals surface area contributed by atoms with E-state index in [0.717, 1.165) is 0 Å². The van der Waals surface area contributed by atoms with Gasteiger partial charge in [-0.25, -0.2) is 13.7 Å². The minimum Gasteiger partial charge on any atom is -0.394 e. The Hall–Kier alpha value is -0.306. The second kappa shape index (κ2) is 18.9. The molecule has 3 N–H and O–H groups in total. The minimum absolute atomic E-state index is 0. The van der Waals surface area contributed by atoms with Crippen LogP contribution in [0.25, 0.3) is 0 Å². The first-order valence-electron chi connectivity index (χ1n) is 10.2. The molecule has 1 aliphatic rings. The van der Waals surface area contributed by atoms with E-state index in [0.29, 0.717) is 53.2 Å². The number of halogens is 2. The molecule has 0 radical (unpaired) electrons. The van der Waals surface area contributed by atoms with Crippen molar-refractivity contribution in [2.45, 2.75) is 23.8 Å². The second-order valence-corrected chi connectivity index (χ2v) is 10.1. The van der Waals surface area contributed by atoms with Crippen molar-refractivity contribution in [1.82, 2.24) is 14.9 Å². The molecule has 6 nitrogen and oxygen atoms in total. The summed E-state index contributed by atoms with van der Waals surface area (Å²) in [6, 6.07) is 17.0. The molecule has 0 saturated carbocycles. The van der Waals surface area contributed by atoms with Gasteiger partial charge in [0.15, 0.2) is 5.11 Å². The largest absolute Gasteiger partial charge is 2.00 e. The van der Waals surface area contributed by atoms with E-state index in [-0.39, 0.29) is 73.2 Å². The maximum Gasteiger partial charge on any atom is 2.00 e. The van der Waals surface area contributed by atoms with Crippen LogP contribution in [-0.4, -0.2) is 39.9 Å². The van der Waals surface area contributed by atoms with E-state index in [9.17, 15) is 4.21 Å². The van der Waals surface area contributed by atoms with Crippen molar-refractivity contribution in [3.8, 4) is 6.07 Å². The van der Waals surface area contributed by atoms with Crippen molar-refractivity contribution in [1.29, 1.82) is 10.0 Å². The Balaban J connectivity index is 0.00000104. The normalized spacial score (nSPS) is 14.6. The molecule has 36 heavy (non-hydrogen) atoms. The smallest absolute Gasteiger partial charge is 0.394 e. The number of piperidine rings is 1. The van der Waals surface area contributed by atoms with Crippen LogP contribution < -0.4 is 10.0 Å². The molecule has 0 spiro atoms. The molecule has 1 heterocycles. The van der Waals surface area contributed by atoms with Gasteiger partial charge in [-0.1, -0.05) is 22.2 Å². The van der Waals surface area contributed by atoms with Gasteiger partial charge in [0.2, 0.25) is 0 Å². The van der Waals surface area contributed by atoms with Gasteiger partial charge in [0, 0.05) is 19.1 Å². The zero-order valence-electron chi connectivity index (χ0n) is 19.2. The Labute approximate surface area is 277 Å². The Morgan fingerprint density at radius 3 is 2.50 bits per heavy atom. The molecule has 1 unspecified atom stereocenters. The average molecular weight is 1010 g/mol. The van der Waals surface area contributed by atoms with E-state index >= 15 is 0 Å². The maximum atomic E-state index is 12.7. The van der Waals surface area contributed by atoms with Crippen molar-refractivity contribution in [3.05, 3.63) is 88.9 Å². The van der Waals surface area contributed by atoms with Gasteiger partial charge in [-0.2, -0.15) is 64.9 Å². The Morgan fingerprint density at radius 2 is 1.97 bits per heavy atom. The number of hydrogen-bond donors (Lipinski definition) is 3. The fraction of sp³-hybridized carbons (Fsp3) is 0.250. The molecule has 0 aromatic heterocycles. The van der Waals surface area contributed by atoms with Gasteiger partial charge >= 0.3 is 62.2 Å². The minimum atomic E-state index is -3.20. The van der Waals surface area contributed by atoms with Gasteiger partial charge in [-0.15, -0.1) is 12.1 Å². The van der Waals surface area contributed by atoms with Crippen LogP contribution in [0, 0.1) is 103 Å². The van der Waals surface area contributed by atoms with Crippen LogP contribution in [0.5, 0.6) is 0 Å². The molecule has 2 aromatic carbocycles. The van der Waals surface area contributed by atoms with E-state index in [2.05, 4.69) is 28.2 Å². The van der Waals surface area contributed by atoms with Crippen molar-refractivity contribution in [3.63, 3.8) is 0 Å². The molecule has 0 bridgehead atoms. The summed E-state index contributed by atoms with van der Waals surface area (Å²) in [5.74, 6) is 0. The fourth-order valence-electron chi connectivity index (χ4n) is 2.96. The van der Waals surface area contributed by atoms with Crippen molar-refractivity contribution in [2.24, 2.45) is 0 Å². The third-order valence-electron chi connectivity index (χ3n) is 4.60. The first kappa shape index (κ1) is 35.7. The molecule has 0 amide bonds. The first-order chi connectivity index (χ1) is 16.2. The summed E-state index contributed by atoms with van der Waals surface area (Å²) >= 11 is 16.4. The number of likely N-dealkylation sites (tertiary alicyclic amines) is 1. The fourth-order valence-corrected chi connectivity index (χ4v) is 4.99. The molecule has 12 heteroatoms. The zero-order valence-corrected chi connectivity index (χ0v) is 30.7. The molecule has 1 aliphatic heterocycles. The van der Waals surface area contributed by atoms with Gasteiger partial charge in [0.05, 0.1) is 6.07 Å². The van der Waals surface area contributed by atoms with E-state index in [1.165, 1.54) is 18.2 Å². The third-order valence-corrected chi connectivity index (χ3v) is 6.96. The predicted octanol–water partition coefficient (Wildman–Crippen LogP) is 4.75. The van der Waals surface area contributed by atoms with Crippen LogP contribution in [0.1, 0.15) is 18.4 Å². The number of hydrogen-bond acceptors (Lipinski definition) is 4. The number of allylic oxidation sites excluding steroid dienone is 2. The van der Waals surface area contributed by atoms with Gasteiger partial charge < -0.3 is 35.0 Å². The SMILES string of the molecule is Clc1c[c-]cc(Cl)c1.[CH-]=CC=[C-]CNC(=S)N1CCC(NS(=N)(=O)c2[c-]ccc(C#N)c2)CC1.[U+2].[U+2]. The summed E-state index contributed by atoms with van der Waals surface area (Å²) in [6.07, 6.45) is 7.39. The standard InChI is InChI=1S/C18H20N5OS2.C6H3Cl2.2U/c1-2-3-4-10-21-18(25)23-11-8-16(9-12-23)22-26(20,24)17-7-5-6-15(13-17)14-19;7-5-2-1-3-6(8)4-5;;/h1-3,5-6,13,16H,8-12H2,(H,21,25)(H2,20,22,24);2-4H;;/q-3;-1;2*+2. The van der Waals surface area contributed by atoms with Gasteiger partial charge in [0.25, 0.3) is 0 Å². The predicted molar refractivity (Wildman–Crippen MR) is 139 cm³/mol. The van der Waals surface area contributed by atoms with E-state index in [1.807, 2.05) is 11.0 Å². The van der Waals surface area contributed by atoms with E-state index < -0.39 is 9.92 Å². The molecular weight excluding hydrogens is 985 g/mol. The number of rotatable bonds is 6. The van der Waals surface area contributed by atoms with Crippen LogP contribution in [0.2, 0.25) is 10.0 Å². The van der Waals surface area contributed by atoms with Crippen molar-refractivity contribution in [2.75, 3.05) is 19.6 Å². The van der Waals surface area contributed by atoms with Crippen LogP contribution in [0.3, 0.4) is 0 Å². The van der Waals surface area contributed by atoms with Crippen molar-refractivity contribution >= 4 is 50.4 Å². The third kappa shape index (κ3) is 13.0. The monoisotopic (exact) mass is 1010 g/mol. The summed E-state index contributed by atoms with van der Waals surface area (Å²) in [5, 5.41) is 13.9. The number of thiocarbonyl (C=S) groups is 1. The number of nitrogens with zero attached hydrogens (tertiary/aromatic N) is 2. The van der Waals surface area contributed by atoms with Crippen LogP contribution >= 0.6 is 35.4 Å². The number of nitriles is 1.